The maximum Gasteiger partial charge on any atom is 0.249 e. The summed E-state index contributed by atoms with van der Waals surface area (Å²) in [6, 6.07) is 2.09. The van der Waals surface area contributed by atoms with Crippen molar-refractivity contribution in [2.75, 3.05) is 7.05 Å². The first kappa shape index (κ1) is 17.9. The summed E-state index contributed by atoms with van der Waals surface area (Å²) in [5.41, 5.74) is 3.07. The first-order valence-electron chi connectivity index (χ1n) is 9.90. The zero-order valence-electron chi connectivity index (χ0n) is 16.9. The van der Waals surface area contributed by atoms with Gasteiger partial charge in [0.25, 0.3) is 0 Å². The Morgan fingerprint density at radius 2 is 2.10 bits per heavy atom. The van der Waals surface area contributed by atoms with E-state index in [4.69, 9.17) is 9.72 Å². The maximum absolute atomic E-state index is 12.5. The van der Waals surface area contributed by atoms with Crippen LogP contribution in [0.2, 0.25) is 0 Å². The van der Waals surface area contributed by atoms with E-state index in [0.29, 0.717) is 5.88 Å². The van der Waals surface area contributed by atoms with E-state index >= 15 is 0 Å². The van der Waals surface area contributed by atoms with E-state index in [1.807, 2.05) is 43.5 Å². The van der Waals surface area contributed by atoms with Gasteiger partial charge in [-0.2, -0.15) is 10.2 Å². The smallest absolute Gasteiger partial charge is 0.249 e. The first-order valence-corrected chi connectivity index (χ1v) is 9.90. The molecular formula is C21H24N6O2. The topological polar surface area (TPSA) is 77.5 Å². The van der Waals surface area contributed by atoms with Crippen LogP contribution in [0.4, 0.5) is 0 Å². The van der Waals surface area contributed by atoms with Gasteiger partial charge in [0.15, 0.2) is 0 Å². The molecule has 1 fully saturated rings. The molecule has 0 spiro atoms. The van der Waals surface area contributed by atoms with Gasteiger partial charge in [0.1, 0.15) is 11.1 Å². The largest absolute Gasteiger partial charge is 0.470 e. The van der Waals surface area contributed by atoms with Gasteiger partial charge in [-0.3, -0.25) is 9.48 Å². The molecule has 3 heterocycles. The van der Waals surface area contributed by atoms with Crippen LogP contribution in [0.3, 0.4) is 0 Å². The van der Waals surface area contributed by atoms with E-state index in [0.717, 1.165) is 48.0 Å². The highest BCUT2D eigenvalue weighted by Crippen LogP contribution is 2.40. The lowest BCUT2D eigenvalue weighted by atomic mass is 9.75. The van der Waals surface area contributed by atoms with Crippen molar-refractivity contribution >= 4 is 11.4 Å². The number of amides is 1. The summed E-state index contributed by atoms with van der Waals surface area (Å²) >= 11 is 0. The summed E-state index contributed by atoms with van der Waals surface area (Å²) in [5, 5.41) is 8.59. The number of hydrogen-bond acceptors (Lipinski definition) is 5. The Morgan fingerprint density at radius 1 is 1.31 bits per heavy atom. The van der Waals surface area contributed by atoms with Crippen LogP contribution < -0.4 is 4.74 Å². The van der Waals surface area contributed by atoms with E-state index in [9.17, 15) is 4.79 Å². The average molecular weight is 392 g/mol. The Hall–Kier alpha value is -3.16. The number of allylic oxidation sites excluding steroid dienone is 1. The van der Waals surface area contributed by atoms with Crippen LogP contribution in [-0.2, 0) is 11.8 Å². The predicted octanol–water partition coefficient (Wildman–Crippen LogP) is 2.61. The molecule has 2 aliphatic rings. The Labute approximate surface area is 168 Å². The van der Waals surface area contributed by atoms with Crippen LogP contribution in [0.5, 0.6) is 5.88 Å². The van der Waals surface area contributed by atoms with Gasteiger partial charge in [-0.25, -0.2) is 9.50 Å². The molecule has 0 saturated heterocycles. The van der Waals surface area contributed by atoms with E-state index < -0.39 is 0 Å². The van der Waals surface area contributed by atoms with Crippen molar-refractivity contribution in [1.29, 1.82) is 0 Å². The summed E-state index contributed by atoms with van der Waals surface area (Å²) in [6.45, 7) is 2.08. The fourth-order valence-corrected chi connectivity index (χ4v) is 4.07. The number of fused-ring (bicyclic) bond motifs is 1. The lowest BCUT2D eigenvalue weighted by Gasteiger charge is -2.48. The number of carbonyl (C=O) groups is 1. The molecule has 8 heteroatoms. The molecule has 0 aliphatic heterocycles. The van der Waals surface area contributed by atoms with Crippen molar-refractivity contribution < 1.29 is 9.53 Å². The van der Waals surface area contributed by atoms with Crippen molar-refractivity contribution in [1.82, 2.24) is 29.3 Å². The zero-order valence-corrected chi connectivity index (χ0v) is 16.9. The zero-order chi connectivity index (χ0) is 20.2. The summed E-state index contributed by atoms with van der Waals surface area (Å²) in [5.74, 6) is 0.707. The monoisotopic (exact) mass is 392 g/mol. The Kier molecular flexibility index (Phi) is 3.97. The molecule has 1 saturated carbocycles. The standard InChI is InChI=1S/C21H24N6O2/c1-21(9-16(10-21)26(3)20(28)14-5-4-6-14)29-19-18-7-8-22-27(18)13-17(24-19)15-11-23-25(2)12-15/h5,7-8,11-13,16H,4,6,9-10H2,1-3H3/t16-,21+. The summed E-state index contributed by atoms with van der Waals surface area (Å²) in [6.07, 6.45) is 12.8. The second-order valence-corrected chi connectivity index (χ2v) is 8.29. The number of nitrogens with zero attached hydrogens (tertiary/aromatic N) is 6. The molecule has 5 rings (SSSR count). The SMILES string of the molecule is Cn1cc(-c2cn3nccc3c(O[C@]3(C)C[C@H](N(C)C(=O)C4=CCC4)C3)n2)cn1. The van der Waals surface area contributed by atoms with Crippen molar-refractivity contribution in [3.8, 4) is 17.1 Å². The highest BCUT2D eigenvalue weighted by molar-refractivity contribution is 5.94. The Bertz CT molecular complexity index is 1120. The molecule has 0 atom stereocenters. The lowest BCUT2D eigenvalue weighted by molar-refractivity contribution is -0.135. The molecule has 0 aromatic carbocycles. The van der Waals surface area contributed by atoms with Crippen LogP contribution in [0.25, 0.3) is 16.8 Å². The molecule has 0 radical (unpaired) electrons. The maximum atomic E-state index is 12.5. The second kappa shape index (κ2) is 6.43. The minimum Gasteiger partial charge on any atom is -0.470 e. The van der Waals surface area contributed by atoms with Gasteiger partial charge >= 0.3 is 0 Å². The van der Waals surface area contributed by atoms with Gasteiger partial charge < -0.3 is 9.64 Å². The van der Waals surface area contributed by atoms with Gasteiger partial charge in [0, 0.05) is 50.3 Å². The van der Waals surface area contributed by atoms with Crippen LogP contribution in [0.15, 0.2) is 42.5 Å². The minimum atomic E-state index is -0.363. The number of aryl methyl sites for hydroxylation is 1. The number of carbonyl (C=O) groups excluding carboxylic acids is 1. The normalized spacial score (nSPS) is 23.3. The summed E-state index contributed by atoms with van der Waals surface area (Å²) in [7, 11) is 3.77. The lowest BCUT2D eigenvalue weighted by Crippen LogP contribution is -2.57. The van der Waals surface area contributed by atoms with Crippen molar-refractivity contribution in [2.24, 2.45) is 7.05 Å². The van der Waals surface area contributed by atoms with Crippen LogP contribution in [0.1, 0.15) is 32.6 Å². The fourth-order valence-electron chi connectivity index (χ4n) is 4.07. The molecule has 2 aliphatic carbocycles. The Balaban J connectivity index is 1.36. The highest BCUT2D eigenvalue weighted by Gasteiger charge is 2.46. The molecule has 3 aromatic heterocycles. The molecule has 1 amide bonds. The summed E-state index contributed by atoms with van der Waals surface area (Å²) < 4.78 is 9.91. The quantitative estimate of drug-likeness (QED) is 0.667. The molecule has 3 aromatic rings. The van der Waals surface area contributed by atoms with Crippen molar-refractivity contribution in [3.05, 3.63) is 42.5 Å². The van der Waals surface area contributed by atoms with E-state index in [2.05, 4.69) is 17.1 Å². The average Bonchev–Trinajstić information content (AvgIpc) is 3.26. The molecule has 0 N–H and O–H groups in total. The van der Waals surface area contributed by atoms with Gasteiger partial charge in [0.05, 0.1) is 24.3 Å². The van der Waals surface area contributed by atoms with Gasteiger partial charge in [-0.15, -0.1) is 0 Å². The van der Waals surface area contributed by atoms with E-state index in [1.54, 1.807) is 21.6 Å². The molecule has 29 heavy (non-hydrogen) atoms. The molecule has 0 bridgehead atoms. The van der Waals surface area contributed by atoms with E-state index in [-0.39, 0.29) is 17.6 Å². The first-order chi connectivity index (χ1) is 13.9. The summed E-state index contributed by atoms with van der Waals surface area (Å²) in [4.78, 5) is 19.1. The van der Waals surface area contributed by atoms with Crippen molar-refractivity contribution in [3.63, 3.8) is 0 Å². The number of aromatic nitrogens is 5. The third kappa shape index (κ3) is 3.08. The highest BCUT2D eigenvalue weighted by atomic mass is 16.5. The van der Waals surface area contributed by atoms with Gasteiger partial charge in [0.2, 0.25) is 11.8 Å². The number of hydrogen-bond donors (Lipinski definition) is 0. The van der Waals surface area contributed by atoms with Crippen LogP contribution in [-0.4, -0.2) is 53.9 Å². The van der Waals surface area contributed by atoms with Crippen LogP contribution in [0, 0.1) is 0 Å². The third-order valence-electron chi connectivity index (χ3n) is 5.98. The van der Waals surface area contributed by atoms with Gasteiger partial charge in [-0.05, 0) is 25.8 Å². The number of rotatable bonds is 5. The van der Waals surface area contributed by atoms with Crippen molar-refractivity contribution in [2.45, 2.75) is 44.2 Å². The molecule has 8 nitrogen and oxygen atoms in total. The van der Waals surface area contributed by atoms with Crippen LogP contribution >= 0.6 is 0 Å². The second-order valence-electron chi connectivity index (χ2n) is 8.29. The Morgan fingerprint density at radius 3 is 2.76 bits per heavy atom. The fraction of sp³-hybridized carbons (Fsp3) is 0.429. The van der Waals surface area contributed by atoms with E-state index in [1.165, 1.54) is 0 Å². The molecule has 150 valence electrons. The minimum absolute atomic E-state index is 0.151. The van der Waals surface area contributed by atoms with Gasteiger partial charge in [-0.1, -0.05) is 6.08 Å². The third-order valence-corrected chi connectivity index (χ3v) is 5.98. The molecular weight excluding hydrogens is 368 g/mol. The number of likely N-dealkylation sites (N-methyl/N-ethyl adjacent to an activating group) is 1. The molecule has 0 unspecified atom stereocenters. The predicted molar refractivity (Wildman–Crippen MR) is 107 cm³/mol. The number of ether oxygens (including phenoxy) is 1.